The van der Waals surface area contributed by atoms with Crippen LogP contribution in [-0.2, 0) is 31.8 Å². The minimum absolute atomic E-state index is 0.0240. The van der Waals surface area contributed by atoms with E-state index < -0.39 is 6.43 Å². The third kappa shape index (κ3) is 3.31. The number of hydrogen-bond acceptors (Lipinski definition) is 3. The SMILES string of the molecule is CCc1cc2c(c(C(F)F)c1)CN(c1cccc(C3(Cc4nncn4C)CCC3)c1)C2=O. The van der Waals surface area contributed by atoms with Gasteiger partial charge in [-0.25, -0.2) is 8.78 Å². The summed E-state index contributed by atoms with van der Waals surface area (Å²) in [6.07, 6.45) is 3.76. The number of carbonyl (C=O) groups is 1. The summed E-state index contributed by atoms with van der Waals surface area (Å²) in [5.74, 6) is 0.735. The van der Waals surface area contributed by atoms with Gasteiger partial charge >= 0.3 is 0 Å². The Morgan fingerprint density at radius 3 is 2.62 bits per heavy atom. The zero-order valence-corrected chi connectivity index (χ0v) is 18.3. The highest BCUT2D eigenvalue weighted by Gasteiger charge is 2.41. The van der Waals surface area contributed by atoms with E-state index in [0.29, 0.717) is 17.5 Å². The smallest absolute Gasteiger partial charge is 0.264 e. The maximum absolute atomic E-state index is 13.7. The van der Waals surface area contributed by atoms with E-state index in [9.17, 15) is 13.6 Å². The van der Waals surface area contributed by atoms with Gasteiger partial charge in [-0.05, 0) is 60.2 Å². The van der Waals surface area contributed by atoms with Crippen LogP contribution in [0.4, 0.5) is 14.5 Å². The molecule has 1 aliphatic heterocycles. The predicted octanol–water partition coefficient (Wildman–Crippen LogP) is 5.14. The summed E-state index contributed by atoms with van der Waals surface area (Å²) in [7, 11) is 1.95. The van der Waals surface area contributed by atoms with Crippen LogP contribution in [-0.4, -0.2) is 20.7 Å². The number of rotatable bonds is 6. The van der Waals surface area contributed by atoms with Gasteiger partial charge in [-0.3, -0.25) is 4.79 Å². The van der Waals surface area contributed by atoms with Gasteiger partial charge in [0.2, 0.25) is 0 Å². The van der Waals surface area contributed by atoms with Crippen molar-refractivity contribution in [2.24, 2.45) is 7.05 Å². The fourth-order valence-corrected chi connectivity index (χ4v) is 5.05. The lowest BCUT2D eigenvalue weighted by atomic mass is 9.62. The van der Waals surface area contributed by atoms with Crippen molar-refractivity contribution in [3.8, 4) is 0 Å². The molecule has 2 heterocycles. The van der Waals surface area contributed by atoms with Gasteiger partial charge in [-0.2, -0.15) is 0 Å². The highest BCUT2D eigenvalue weighted by molar-refractivity contribution is 6.10. The first-order valence-electron chi connectivity index (χ1n) is 11.1. The molecule has 2 aliphatic rings. The highest BCUT2D eigenvalue weighted by atomic mass is 19.3. The first-order chi connectivity index (χ1) is 15.4. The second-order valence-corrected chi connectivity index (χ2v) is 8.98. The van der Waals surface area contributed by atoms with E-state index in [-0.39, 0.29) is 23.4 Å². The molecule has 0 saturated heterocycles. The van der Waals surface area contributed by atoms with Gasteiger partial charge in [0.25, 0.3) is 12.3 Å². The van der Waals surface area contributed by atoms with E-state index >= 15 is 0 Å². The van der Waals surface area contributed by atoms with E-state index in [1.54, 1.807) is 23.4 Å². The summed E-state index contributed by atoms with van der Waals surface area (Å²) in [6, 6.07) is 11.3. The number of benzene rings is 2. The molecule has 1 saturated carbocycles. The van der Waals surface area contributed by atoms with E-state index in [2.05, 4.69) is 22.3 Å². The summed E-state index contributed by atoms with van der Waals surface area (Å²) in [5.41, 5.74) is 3.48. The molecule has 3 aromatic rings. The van der Waals surface area contributed by atoms with Crippen LogP contribution < -0.4 is 4.90 Å². The van der Waals surface area contributed by atoms with Gasteiger partial charge < -0.3 is 9.47 Å². The number of hydrogen-bond donors (Lipinski definition) is 0. The maximum Gasteiger partial charge on any atom is 0.264 e. The first-order valence-corrected chi connectivity index (χ1v) is 11.1. The van der Waals surface area contributed by atoms with Crippen molar-refractivity contribution in [2.75, 3.05) is 4.90 Å². The maximum atomic E-state index is 13.7. The van der Waals surface area contributed by atoms with Crippen molar-refractivity contribution >= 4 is 11.6 Å². The van der Waals surface area contributed by atoms with Crippen molar-refractivity contribution in [3.63, 3.8) is 0 Å². The topological polar surface area (TPSA) is 51.0 Å². The average Bonchev–Trinajstić information content (AvgIpc) is 3.32. The number of aryl methyl sites for hydroxylation is 2. The van der Waals surface area contributed by atoms with Crippen LogP contribution in [0.15, 0.2) is 42.7 Å². The van der Waals surface area contributed by atoms with Crippen LogP contribution in [0.2, 0.25) is 0 Å². The number of nitrogens with zero attached hydrogens (tertiary/aromatic N) is 4. The molecular weight excluding hydrogens is 410 g/mol. The second-order valence-electron chi connectivity index (χ2n) is 8.98. The fourth-order valence-electron chi connectivity index (χ4n) is 5.05. The molecule has 32 heavy (non-hydrogen) atoms. The van der Waals surface area contributed by atoms with Crippen LogP contribution in [0, 0.1) is 0 Å². The van der Waals surface area contributed by atoms with E-state index in [0.717, 1.165) is 48.3 Å². The molecule has 166 valence electrons. The number of halogens is 2. The van der Waals surface area contributed by atoms with Crippen molar-refractivity contribution in [2.45, 2.75) is 57.4 Å². The molecule has 1 fully saturated rings. The first kappa shape index (κ1) is 20.8. The van der Waals surface area contributed by atoms with Crippen LogP contribution in [0.25, 0.3) is 0 Å². The Morgan fingerprint density at radius 1 is 1.19 bits per heavy atom. The molecule has 0 N–H and O–H groups in total. The van der Waals surface area contributed by atoms with Gasteiger partial charge in [0.05, 0.1) is 6.54 Å². The summed E-state index contributed by atoms with van der Waals surface area (Å²) < 4.78 is 29.4. The quantitative estimate of drug-likeness (QED) is 0.538. The zero-order valence-electron chi connectivity index (χ0n) is 18.3. The molecule has 0 spiro atoms. The Hall–Kier alpha value is -3.09. The average molecular weight is 437 g/mol. The number of amides is 1. The summed E-state index contributed by atoms with van der Waals surface area (Å²) in [4.78, 5) is 14.9. The number of alkyl halides is 2. The van der Waals surface area contributed by atoms with Gasteiger partial charge in [0.15, 0.2) is 0 Å². The number of fused-ring (bicyclic) bond motifs is 1. The normalized spacial score (nSPS) is 17.0. The third-order valence-corrected chi connectivity index (χ3v) is 7.16. The lowest BCUT2D eigenvalue weighted by molar-refractivity contribution is 0.0996. The molecule has 1 amide bonds. The molecule has 1 aliphatic carbocycles. The molecule has 0 bridgehead atoms. The van der Waals surface area contributed by atoms with E-state index in [1.807, 2.05) is 30.7 Å². The molecular formula is C25H26F2N4O. The lowest BCUT2D eigenvalue weighted by Crippen LogP contribution is -2.37. The Morgan fingerprint density at radius 2 is 2.00 bits per heavy atom. The highest BCUT2D eigenvalue weighted by Crippen LogP contribution is 2.47. The number of carbonyl (C=O) groups excluding carboxylic acids is 1. The molecule has 0 radical (unpaired) electrons. The van der Waals surface area contributed by atoms with Gasteiger partial charge in [0, 0.05) is 35.7 Å². The Kier molecular flexibility index (Phi) is 5.07. The standard InChI is InChI=1S/C25H26F2N4O/c1-3-16-10-19(23(26)27)21-14-31(24(32)20(21)11-16)18-7-4-6-17(12-18)25(8-5-9-25)13-22-29-28-15-30(22)2/h4,6-7,10-12,15,23H,3,5,8-9,13-14H2,1-2H3. The summed E-state index contributed by atoms with van der Waals surface area (Å²) >= 11 is 0. The molecule has 0 atom stereocenters. The van der Waals surface area contributed by atoms with Gasteiger partial charge in [-0.1, -0.05) is 25.5 Å². The van der Waals surface area contributed by atoms with E-state index in [4.69, 9.17) is 0 Å². The summed E-state index contributed by atoms with van der Waals surface area (Å²) in [6.45, 7) is 2.09. The Bertz CT molecular complexity index is 1180. The zero-order chi connectivity index (χ0) is 22.5. The van der Waals surface area contributed by atoms with Crippen molar-refractivity contribution in [1.82, 2.24) is 14.8 Å². The molecule has 1 aromatic heterocycles. The van der Waals surface area contributed by atoms with Crippen molar-refractivity contribution in [1.29, 1.82) is 0 Å². The molecule has 5 nitrogen and oxygen atoms in total. The molecule has 7 heteroatoms. The monoisotopic (exact) mass is 436 g/mol. The third-order valence-electron chi connectivity index (χ3n) is 7.16. The molecule has 0 unspecified atom stereocenters. The van der Waals surface area contributed by atoms with Crippen molar-refractivity contribution < 1.29 is 13.6 Å². The number of anilines is 1. The lowest BCUT2D eigenvalue weighted by Gasteiger charge is -2.42. The van der Waals surface area contributed by atoms with Gasteiger partial charge in [-0.15, -0.1) is 10.2 Å². The Labute approximate surface area is 186 Å². The van der Waals surface area contributed by atoms with Crippen LogP contribution in [0.1, 0.15) is 71.0 Å². The minimum Gasteiger partial charge on any atom is -0.321 e. The van der Waals surface area contributed by atoms with Crippen LogP contribution >= 0.6 is 0 Å². The van der Waals surface area contributed by atoms with E-state index in [1.165, 1.54) is 0 Å². The van der Waals surface area contributed by atoms with Crippen LogP contribution in [0.3, 0.4) is 0 Å². The summed E-state index contributed by atoms with van der Waals surface area (Å²) in [5, 5.41) is 8.27. The van der Waals surface area contributed by atoms with Gasteiger partial charge in [0.1, 0.15) is 12.2 Å². The Balaban J connectivity index is 1.49. The fraction of sp³-hybridized carbons (Fsp3) is 0.400. The van der Waals surface area contributed by atoms with Crippen LogP contribution in [0.5, 0.6) is 0 Å². The van der Waals surface area contributed by atoms with Crippen molar-refractivity contribution in [3.05, 3.63) is 76.4 Å². The second kappa shape index (κ2) is 7.80. The predicted molar refractivity (Wildman–Crippen MR) is 118 cm³/mol. The molecule has 2 aromatic carbocycles. The largest absolute Gasteiger partial charge is 0.321 e. The minimum atomic E-state index is -2.60. The molecule has 5 rings (SSSR count). The number of aromatic nitrogens is 3.